The van der Waals surface area contributed by atoms with Gasteiger partial charge in [-0.15, -0.1) is 0 Å². The second-order valence-electron chi connectivity index (χ2n) is 3.80. The van der Waals surface area contributed by atoms with Gasteiger partial charge in [0.05, 0.1) is 18.4 Å². The molecule has 2 aromatic rings. The van der Waals surface area contributed by atoms with Crippen LogP contribution in [0.4, 0.5) is 5.13 Å². The topological polar surface area (TPSA) is 43.4 Å². The van der Waals surface area contributed by atoms with Gasteiger partial charge in [0.25, 0.3) is 0 Å². The van der Waals surface area contributed by atoms with Crippen LogP contribution in [0.3, 0.4) is 0 Å². The predicted molar refractivity (Wildman–Crippen MR) is 76.3 cm³/mol. The Kier molecular flexibility index (Phi) is 4.27. The van der Waals surface area contributed by atoms with E-state index >= 15 is 0 Å². The lowest BCUT2D eigenvalue weighted by molar-refractivity contribution is 0.211. The number of rotatable bonds is 5. The van der Waals surface area contributed by atoms with Crippen molar-refractivity contribution < 1.29 is 9.47 Å². The molecule has 1 N–H and O–H groups in total. The van der Waals surface area contributed by atoms with Crippen molar-refractivity contribution in [1.29, 1.82) is 0 Å². The van der Waals surface area contributed by atoms with Crippen LogP contribution in [0.5, 0.6) is 5.75 Å². The number of benzene rings is 1. The predicted octanol–water partition coefficient (Wildman–Crippen LogP) is 3.33. The summed E-state index contributed by atoms with van der Waals surface area (Å²) in [6, 6.07) is 1.80. The van der Waals surface area contributed by atoms with Crippen LogP contribution in [0.2, 0.25) is 5.02 Å². The van der Waals surface area contributed by atoms with Crippen molar-refractivity contribution in [3.05, 3.63) is 16.7 Å². The number of nitrogens with zero attached hydrogens (tertiary/aromatic N) is 1. The second kappa shape index (κ2) is 5.73. The minimum atomic E-state index is 0.646. The summed E-state index contributed by atoms with van der Waals surface area (Å²) in [5.74, 6) is 0.705. The van der Waals surface area contributed by atoms with Gasteiger partial charge in [0.2, 0.25) is 0 Å². The molecule has 4 nitrogen and oxygen atoms in total. The Morgan fingerprint density at radius 3 is 2.89 bits per heavy atom. The Balaban J connectivity index is 2.39. The van der Waals surface area contributed by atoms with Crippen LogP contribution in [0.1, 0.15) is 5.56 Å². The monoisotopic (exact) mass is 286 g/mol. The number of halogens is 1. The summed E-state index contributed by atoms with van der Waals surface area (Å²) < 4.78 is 11.4. The first-order valence-corrected chi connectivity index (χ1v) is 6.73. The molecule has 0 saturated heterocycles. The van der Waals surface area contributed by atoms with Crippen molar-refractivity contribution in [3.63, 3.8) is 0 Å². The molecule has 1 heterocycles. The van der Waals surface area contributed by atoms with Gasteiger partial charge in [-0.3, -0.25) is 0 Å². The largest absolute Gasteiger partial charge is 0.494 e. The number of aryl methyl sites for hydroxylation is 1. The maximum Gasteiger partial charge on any atom is 0.184 e. The number of hydrogen-bond acceptors (Lipinski definition) is 5. The summed E-state index contributed by atoms with van der Waals surface area (Å²) in [5.41, 5.74) is 1.88. The molecular weight excluding hydrogens is 272 g/mol. The third-order valence-electron chi connectivity index (χ3n) is 2.62. The Labute approximate surface area is 115 Å². The molecule has 1 aromatic heterocycles. The lowest BCUT2D eigenvalue weighted by atomic mass is 10.2. The molecule has 1 aromatic carbocycles. The van der Waals surface area contributed by atoms with Gasteiger partial charge in [-0.1, -0.05) is 22.9 Å². The van der Waals surface area contributed by atoms with Gasteiger partial charge < -0.3 is 14.8 Å². The van der Waals surface area contributed by atoms with E-state index in [-0.39, 0.29) is 0 Å². The zero-order chi connectivity index (χ0) is 13.1. The van der Waals surface area contributed by atoms with Crippen molar-refractivity contribution in [2.24, 2.45) is 0 Å². The van der Waals surface area contributed by atoms with E-state index < -0.39 is 0 Å². The summed E-state index contributed by atoms with van der Waals surface area (Å²) in [4.78, 5) is 4.53. The van der Waals surface area contributed by atoms with Crippen LogP contribution >= 0.6 is 22.9 Å². The molecule has 0 aliphatic carbocycles. The minimum absolute atomic E-state index is 0.646. The van der Waals surface area contributed by atoms with Crippen molar-refractivity contribution >= 4 is 38.3 Å². The zero-order valence-electron chi connectivity index (χ0n) is 10.5. The first-order chi connectivity index (χ1) is 8.67. The summed E-state index contributed by atoms with van der Waals surface area (Å²) >= 11 is 7.74. The third-order valence-corrected chi connectivity index (χ3v) is 4.14. The molecule has 0 aliphatic rings. The zero-order valence-corrected chi connectivity index (χ0v) is 12.1. The van der Waals surface area contributed by atoms with E-state index in [2.05, 4.69) is 10.3 Å². The molecule has 0 aliphatic heterocycles. The fraction of sp³-hybridized carbons (Fsp3) is 0.417. The SMILES string of the molecule is COCCNc1nc2c(OC)cc(Cl)c(C)c2s1. The Bertz CT molecular complexity index is 556. The molecule has 0 radical (unpaired) electrons. The highest BCUT2D eigenvalue weighted by atomic mass is 35.5. The first kappa shape index (κ1) is 13.4. The van der Waals surface area contributed by atoms with E-state index in [1.54, 1.807) is 31.6 Å². The summed E-state index contributed by atoms with van der Waals surface area (Å²) in [5, 5.41) is 4.77. The average molecular weight is 287 g/mol. The fourth-order valence-electron chi connectivity index (χ4n) is 1.63. The fourth-order valence-corrected chi connectivity index (χ4v) is 2.89. The van der Waals surface area contributed by atoms with Crippen molar-refractivity contribution in [3.8, 4) is 5.75 Å². The Hall–Kier alpha value is -1.04. The van der Waals surface area contributed by atoms with Crippen LogP contribution in [-0.4, -0.2) is 32.4 Å². The van der Waals surface area contributed by atoms with Crippen LogP contribution < -0.4 is 10.1 Å². The number of ether oxygens (including phenoxy) is 2. The highest BCUT2D eigenvalue weighted by molar-refractivity contribution is 7.22. The quantitative estimate of drug-likeness (QED) is 0.856. The molecule has 0 amide bonds. The molecule has 6 heteroatoms. The van der Waals surface area contributed by atoms with E-state index in [0.29, 0.717) is 17.4 Å². The molecule has 0 unspecified atom stereocenters. The lowest BCUT2D eigenvalue weighted by Crippen LogP contribution is -2.06. The highest BCUT2D eigenvalue weighted by Crippen LogP contribution is 2.38. The van der Waals surface area contributed by atoms with E-state index in [1.165, 1.54) is 0 Å². The molecule has 2 rings (SSSR count). The van der Waals surface area contributed by atoms with E-state index in [1.807, 2.05) is 6.92 Å². The van der Waals surface area contributed by atoms with E-state index in [9.17, 15) is 0 Å². The van der Waals surface area contributed by atoms with Crippen LogP contribution in [-0.2, 0) is 4.74 Å². The molecule has 18 heavy (non-hydrogen) atoms. The van der Waals surface area contributed by atoms with E-state index in [4.69, 9.17) is 21.1 Å². The number of thiazole rings is 1. The average Bonchev–Trinajstić information content (AvgIpc) is 2.78. The second-order valence-corrected chi connectivity index (χ2v) is 5.21. The summed E-state index contributed by atoms with van der Waals surface area (Å²) in [7, 11) is 3.30. The lowest BCUT2D eigenvalue weighted by Gasteiger charge is -2.04. The normalized spacial score (nSPS) is 10.9. The Morgan fingerprint density at radius 1 is 1.44 bits per heavy atom. The number of anilines is 1. The highest BCUT2D eigenvalue weighted by Gasteiger charge is 2.13. The van der Waals surface area contributed by atoms with Crippen molar-refractivity contribution in [1.82, 2.24) is 4.98 Å². The third kappa shape index (κ3) is 2.53. The molecule has 0 spiro atoms. The molecule has 0 fully saturated rings. The van der Waals surface area contributed by atoms with Crippen LogP contribution in [0.25, 0.3) is 10.2 Å². The smallest absolute Gasteiger partial charge is 0.184 e. The number of aromatic nitrogens is 1. The van der Waals surface area contributed by atoms with Gasteiger partial charge in [-0.25, -0.2) is 4.98 Å². The molecule has 0 saturated carbocycles. The van der Waals surface area contributed by atoms with Gasteiger partial charge in [0.15, 0.2) is 5.13 Å². The van der Waals surface area contributed by atoms with Crippen LogP contribution in [0, 0.1) is 6.92 Å². The molecular formula is C12H15ClN2O2S. The first-order valence-electron chi connectivity index (χ1n) is 5.53. The maximum absolute atomic E-state index is 6.17. The van der Waals surface area contributed by atoms with Gasteiger partial charge in [0, 0.05) is 24.7 Å². The summed E-state index contributed by atoms with van der Waals surface area (Å²) in [6.45, 7) is 3.36. The number of hydrogen-bond donors (Lipinski definition) is 1. The van der Waals surface area contributed by atoms with Crippen molar-refractivity contribution in [2.75, 3.05) is 32.7 Å². The van der Waals surface area contributed by atoms with E-state index in [0.717, 1.165) is 27.5 Å². The number of methoxy groups -OCH3 is 2. The molecule has 0 atom stereocenters. The van der Waals surface area contributed by atoms with Gasteiger partial charge in [-0.05, 0) is 12.5 Å². The minimum Gasteiger partial charge on any atom is -0.494 e. The van der Waals surface area contributed by atoms with Gasteiger partial charge in [0.1, 0.15) is 11.3 Å². The number of nitrogens with one attached hydrogen (secondary N) is 1. The number of fused-ring (bicyclic) bond motifs is 1. The van der Waals surface area contributed by atoms with Crippen molar-refractivity contribution in [2.45, 2.75) is 6.92 Å². The molecule has 0 bridgehead atoms. The van der Waals surface area contributed by atoms with Crippen LogP contribution in [0.15, 0.2) is 6.07 Å². The Morgan fingerprint density at radius 2 is 2.22 bits per heavy atom. The maximum atomic E-state index is 6.17. The summed E-state index contributed by atoms with van der Waals surface area (Å²) in [6.07, 6.45) is 0. The molecule has 98 valence electrons. The standard InChI is InChI=1S/C12H15ClN2O2S/c1-7-8(13)6-9(17-3)10-11(7)18-12(15-10)14-4-5-16-2/h6H,4-5H2,1-3H3,(H,14,15). The van der Waals surface area contributed by atoms with Gasteiger partial charge >= 0.3 is 0 Å². The van der Waals surface area contributed by atoms with Gasteiger partial charge in [-0.2, -0.15) is 0 Å².